The highest BCUT2D eigenvalue weighted by molar-refractivity contribution is 5.87. The van der Waals surface area contributed by atoms with Crippen LogP contribution in [0.2, 0.25) is 0 Å². The normalized spacial score (nSPS) is 18.8. The van der Waals surface area contributed by atoms with Crippen molar-refractivity contribution in [1.82, 2.24) is 0 Å². The molecule has 0 unspecified atom stereocenters. The molecule has 5 heteroatoms. The molecule has 16 heavy (non-hydrogen) atoms. The molecule has 0 aromatic heterocycles. The second-order valence-electron chi connectivity index (χ2n) is 3.82. The molecule has 0 aliphatic heterocycles. The number of aliphatic imine (C=N–C) groups is 3. The maximum atomic E-state index is 5.48. The van der Waals surface area contributed by atoms with Crippen LogP contribution >= 0.6 is 0 Å². The van der Waals surface area contributed by atoms with Gasteiger partial charge in [-0.2, -0.15) is 0 Å². The zero-order chi connectivity index (χ0) is 11.8. The minimum absolute atomic E-state index is 0.494. The lowest BCUT2D eigenvalue weighted by molar-refractivity contribution is 0.851. The van der Waals surface area contributed by atoms with Gasteiger partial charge in [-0.15, -0.1) is 0 Å². The number of rotatable bonds is 5. The van der Waals surface area contributed by atoms with Gasteiger partial charge in [-0.25, -0.2) is 4.99 Å². The Kier molecular flexibility index (Phi) is 5.25. The first kappa shape index (κ1) is 12.4. The van der Waals surface area contributed by atoms with Gasteiger partial charge in [0.25, 0.3) is 0 Å². The smallest absolute Gasteiger partial charge is 0.122 e. The molecule has 1 aliphatic carbocycles. The highest BCUT2D eigenvalue weighted by Crippen LogP contribution is 2.28. The van der Waals surface area contributed by atoms with Gasteiger partial charge in [0.05, 0.1) is 12.9 Å². The van der Waals surface area contributed by atoms with Crippen LogP contribution in [-0.4, -0.2) is 31.5 Å². The molecular weight excluding hydrogens is 202 g/mol. The van der Waals surface area contributed by atoms with E-state index in [2.05, 4.69) is 15.0 Å². The minimum Gasteiger partial charge on any atom is -0.404 e. The Labute approximate surface area is 96.1 Å². The molecule has 1 saturated carbocycles. The van der Waals surface area contributed by atoms with Gasteiger partial charge in [-0.1, -0.05) is 0 Å². The van der Waals surface area contributed by atoms with Crippen LogP contribution in [0.5, 0.6) is 0 Å². The molecule has 0 spiro atoms. The second kappa shape index (κ2) is 6.76. The van der Waals surface area contributed by atoms with Crippen molar-refractivity contribution in [3.05, 3.63) is 11.8 Å². The van der Waals surface area contributed by atoms with Gasteiger partial charge in [-0.05, 0) is 25.7 Å². The number of nitrogens with zero attached hydrogens (tertiary/aromatic N) is 3. The average molecular weight is 221 g/mol. The zero-order valence-electron chi connectivity index (χ0n) is 9.63. The van der Waals surface area contributed by atoms with E-state index in [0.29, 0.717) is 12.4 Å². The molecule has 0 radical (unpaired) electrons. The average Bonchev–Trinajstić information content (AvgIpc) is 3.07. The summed E-state index contributed by atoms with van der Waals surface area (Å²) in [5.74, 6) is 1.43. The largest absolute Gasteiger partial charge is 0.404 e. The van der Waals surface area contributed by atoms with Gasteiger partial charge >= 0.3 is 0 Å². The predicted molar refractivity (Wildman–Crippen MR) is 69.0 cm³/mol. The van der Waals surface area contributed by atoms with Crippen LogP contribution in [0.1, 0.15) is 19.8 Å². The van der Waals surface area contributed by atoms with Gasteiger partial charge in [0.1, 0.15) is 5.84 Å². The standard InChI is InChI=1S/C11H19N5/c1-9(16-8-13)15-7-11(4-12)6-14-5-10-2-3-10/h4,6,8,10H,2-3,5,7,12H2,1H3,(H2,13,15,16). The topological polar surface area (TPSA) is 89.1 Å². The van der Waals surface area contributed by atoms with E-state index in [0.717, 1.165) is 18.0 Å². The predicted octanol–water partition coefficient (Wildman–Crippen LogP) is 0.715. The summed E-state index contributed by atoms with van der Waals surface area (Å²) in [6, 6.07) is 0. The summed E-state index contributed by atoms with van der Waals surface area (Å²) in [7, 11) is 0. The van der Waals surface area contributed by atoms with Crippen molar-refractivity contribution >= 4 is 18.4 Å². The van der Waals surface area contributed by atoms with Gasteiger partial charge in [0, 0.05) is 24.5 Å². The van der Waals surface area contributed by atoms with Crippen molar-refractivity contribution in [2.75, 3.05) is 13.1 Å². The molecule has 0 aromatic carbocycles. The van der Waals surface area contributed by atoms with E-state index in [1.54, 1.807) is 13.1 Å². The van der Waals surface area contributed by atoms with Crippen LogP contribution in [0.4, 0.5) is 0 Å². The quantitative estimate of drug-likeness (QED) is 0.529. The third kappa shape index (κ3) is 5.29. The third-order valence-corrected chi connectivity index (χ3v) is 2.28. The maximum absolute atomic E-state index is 5.48. The SMILES string of the molecule is CC(N=CN)=NCC(C=NCC1CC1)=CN. The summed E-state index contributed by atoms with van der Waals surface area (Å²) in [4.78, 5) is 12.4. The number of hydrogen-bond acceptors (Lipinski definition) is 3. The molecule has 1 rings (SSSR count). The highest BCUT2D eigenvalue weighted by atomic mass is 14.9. The molecule has 1 aliphatic rings. The Morgan fingerprint density at radius 2 is 2.12 bits per heavy atom. The monoisotopic (exact) mass is 221 g/mol. The van der Waals surface area contributed by atoms with Crippen molar-refractivity contribution in [2.45, 2.75) is 19.8 Å². The fourth-order valence-corrected chi connectivity index (χ4v) is 1.11. The summed E-state index contributed by atoms with van der Waals surface area (Å²) in [6.45, 7) is 3.19. The highest BCUT2D eigenvalue weighted by Gasteiger charge is 2.19. The van der Waals surface area contributed by atoms with Crippen LogP contribution in [-0.2, 0) is 0 Å². The van der Waals surface area contributed by atoms with E-state index in [1.165, 1.54) is 25.4 Å². The second-order valence-corrected chi connectivity index (χ2v) is 3.82. The third-order valence-electron chi connectivity index (χ3n) is 2.28. The van der Waals surface area contributed by atoms with Gasteiger partial charge in [-0.3, -0.25) is 9.98 Å². The van der Waals surface area contributed by atoms with E-state index in [1.807, 2.05) is 0 Å². The number of nitrogens with two attached hydrogens (primary N) is 2. The fraction of sp³-hybridized carbons (Fsp3) is 0.545. The molecule has 5 nitrogen and oxygen atoms in total. The molecule has 0 aromatic rings. The Morgan fingerprint density at radius 3 is 2.69 bits per heavy atom. The van der Waals surface area contributed by atoms with E-state index in [9.17, 15) is 0 Å². The summed E-state index contributed by atoms with van der Waals surface area (Å²) in [5.41, 5.74) is 11.5. The van der Waals surface area contributed by atoms with E-state index >= 15 is 0 Å². The Hall–Kier alpha value is -1.65. The van der Waals surface area contributed by atoms with Crippen molar-refractivity contribution in [1.29, 1.82) is 0 Å². The first-order valence-electron chi connectivity index (χ1n) is 5.42. The summed E-state index contributed by atoms with van der Waals surface area (Å²) < 4.78 is 0. The maximum Gasteiger partial charge on any atom is 0.122 e. The van der Waals surface area contributed by atoms with Crippen molar-refractivity contribution < 1.29 is 0 Å². The molecule has 0 amide bonds. The van der Waals surface area contributed by atoms with Crippen LogP contribution in [0.15, 0.2) is 26.8 Å². The van der Waals surface area contributed by atoms with E-state index in [4.69, 9.17) is 11.5 Å². The zero-order valence-corrected chi connectivity index (χ0v) is 9.63. The molecule has 0 atom stereocenters. The molecule has 1 fully saturated rings. The molecule has 0 saturated heterocycles. The lowest BCUT2D eigenvalue weighted by atomic mass is 10.3. The lowest BCUT2D eigenvalue weighted by Crippen LogP contribution is -2.00. The Balaban J connectivity index is 2.36. The first-order valence-corrected chi connectivity index (χ1v) is 5.42. The van der Waals surface area contributed by atoms with Gasteiger partial charge in [0.15, 0.2) is 0 Å². The van der Waals surface area contributed by atoms with Gasteiger partial charge < -0.3 is 11.5 Å². The van der Waals surface area contributed by atoms with E-state index in [-0.39, 0.29) is 0 Å². The number of amidine groups is 1. The van der Waals surface area contributed by atoms with Gasteiger partial charge in [0.2, 0.25) is 0 Å². The summed E-state index contributed by atoms with van der Waals surface area (Å²) in [6.07, 6.45) is 7.16. The minimum atomic E-state index is 0.494. The Morgan fingerprint density at radius 1 is 1.38 bits per heavy atom. The lowest BCUT2D eigenvalue weighted by Gasteiger charge is -1.96. The van der Waals surface area contributed by atoms with Crippen molar-refractivity contribution in [2.24, 2.45) is 32.4 Å². The summed E-state index contributed by atoms with van der Waals surface area (Å²) in [5, 5.41) is 0. The van der Waals surface area contributed by atoms with Crippen molar-refractivity contribution in [3.8, 4) is 0 Å². The van der Waals surface area contributed by atoms with Crippen LogP contribution < -0.4 is 11.5 Å². The van der Waals surface area contributed by atoms with Crippen LogP contribution in [0.3, 0.4) is 0 Å². The molecular formula is C11H19N5. The molecule has 0 bridgehead atoms. The van der Waals surface area contributed by atoms with E-state index < -0.39 is 0 Å². The van der Waals surface area contributed by atoms with Crippen LogP contribution in [0.25, 0.3) is 0 Å². The summed E-state index contributed by atoms with van der Waals surface area (Å²) >= 11 is 0. The molecule has 0 heterocycles. The Bertz CT molecular complexity index is 323. The van der Waals surface area contributed by atoms with Crippen LogP contribution in [0, 0.1) is 5.92 Å². The molecule has 4 N–H and O–H groups in total. The molecule has 88 valence electrons. The first-order chi connectivity index (χ1) is 7.76. The number of hydrogen-bond donors (Lipinski definition) is 2. The fourth-order valence-electron chi connectivity index (χ4n) is 1.11. The van der Waals surface area contributed by atoms with Crippen molar-refractivity contribution in [3.63, 3.8) is 0 Å².